The standard InChI is InChI=1S/C21H32N4O/c1-14-10-17(21-19(11-14)15(2)16(3)23-21)12-22-20(26)7-9-25(5)18-6-8-24(4)13-18/h10-11,18,23H,6-9,12-13H2,1-5H3,(H,22,26). The minimum Gasteiger partial charge on any atom is -0.358 e. The number of likely N-dealkylation sites (tertiary alicyclic amines) is 1. The number of nitrogens with one attached hydrogen (secondary N) is 2. The highest BCUT2D eigenvalue weighted by Gasteiger charge is 2.23. The monoisotopic (exact) mass is 356 g/mol. The normalized spacial score (nSPS) is 18.2. The summed E-state index contributed by atoms with van der Waals surface area (Å²) in [5, 5.41) is 4.37. The first kappa shape index (κ1) is 18.9. The number of aromatic amines is 1. The van der Waals surface area contributed by atoms with Crippen LogP contribution in [0.15, 0.2) is 12.1 Å². The van der Waals surface area contributed by atoms with Crippen LogP contribution >= 0.6 is 0 Å². The lowest BCUT2D eigenvalue weighted by Gasteiger charge is -2.23. The van der Waals surface area contributed by atoms with Crippen LogP contribution in [0.5, 0.6) is 0 Å². The zero-order valence-corrected chi connectivity index (χ0v) is 16.8. The first-order valence-corrected chi connectivity index (χ1v) is 9.59. The third-order valence-electron chi connectivity index (χ3n) is 5.80. The molecule has 0 saturated carbocycles. The molecule has 1 aliphatic rings. The van der Waals surface area contributed by atoms with Gasteiger partial charge in [-0.1, -0.05) is 11.6 Å². The van der Waals surface area contributed by atoms with E-state index in [0.717, 1.165) is 30.7 Å². The number of hydrogen-bond acceptors (Lipinski definition) is 3. The van der Waals surface area contributed by atoms with Crippen molar-refractivity contribution in [1.29, 1.82) is 0 Å². The lowest BCUT2D eigenvalue weighted by atomic mass is 10.0. The summed E-state index contributed by atoms with van der Waals surface area (Å²) in [4.78, 5) is 20.5. The Morgan fingerprint density at radius 1 is 1.35 bits per heavy atom. The molecule has 26 heavy (non-hydrogen) atoms. The van der Waals surface area contributed by atoms with Crippen molar-refractivity contribution < 1.29 is 4.79 Å². The Morgan fingerprint density at radius 2 is 2.12 bits per heavy atom. The van der Waals surface area contributed by atoms with Crippen molar-refractivity contribution in [2.45, 2.75) is 46.2 Å². The van der Waals surface area contributed by atoms with E-state index in [1.165, 1.54) is 28.6 Å². The largest absolute Gasteiger partial charge is 0.358 e. The van der Waals surface area contributed by atoms with Crippen LogP contribution in [0.2, 0.25) is 0 Å². The summed E-state index contributed by atoms with van der Waals surface area (Å²) >= 11 is 0. The highest BCUT2D eigenvalue weighted by Crippen LogP contribution is 2.26. The minimum atomic E-state index is 0.123. The van der Waals surface area contributed by atoms with E-state index in [4.69, 9.17) is 0 Å². The number of rotatable bonds is 6. The average Bonchev–Trinajstić information content (AvgIpc) is 3.15. The fraction of sp³-hybridized carbons (Fsp3) is 0.571. The van der Waals surface area contributed by atoms with Gasteiger partial charge in [-0.15, -0.1) is 0 Å². The smallest absolute Gasteiger partial charge is 0.221 e. The molecule has 1 aromatic heterocycles. The van der Waals surface area contributed by atoms with E-state index in [1.807, 2.05) is 0 Å². The van der Waals surface area contributed by atoms with E-state index in [-0.39, 0.29) is 5.91 Å². The molecule has 0 radical (unpaired) electrons. The summed E-state index contributed by atoms with van der Waals surface area (Å²) in [5.41, 5.74) is 6.03. The van der Waals surface area contributed by atoms with Crippen molar-refractivity contribution in [2.24, 2.45) is 0 Å². The first-order chi connectivity index (χ1) is 12.3. The number of hydrogen-bond donors (Lipinski definition) is 2. The first-order valence-electron chi connectivity index (χ1n) is 9.59. The molecule has 2 heterocycles. The molecule has 0 bridgehead atoms. The quantitative estimate of drug-likeness (QED) is 0.837. The molecule has 5 heteroatoms. The maximum Gasteiger partial charge on any atom is 0.221 e. The lowest BCUT2D eigenvalue weighted by Crippen LogP contribution is -2.36. The molecular formula is C21H32N4O. The summed E-state index contributed by atoms with van der Waals surface area (Å²) < 4.78 is 0. The van der Waals surface area contributed by atoms with Crippen molar-refractivity contribution in [3.63, 3.8) is 0 Å². The highest BCUT2D eigenvalue weighted by molar-refractivity contribution is 5.88. The highest BCUT2D eigenvalue weighted by atomic mass is 16.1. The Bertz CT molecular complexity index is 795. The summed E-state index contributed by atoms with van der Waals surface area (Å²) in [6, 6.07) is 4.96. The molecule has 1 aliphatic heterocycles. The topological polar surface area (TPSA) is 51.4 Å². The Hall–Kier alpha value is -1.85. The molecule has 1 unspecified atom stereocenters. The third-order valence-corrected chi connectivity index (χ3v) is 5.80. The van der Waals surface area contributed by atoms with Gasteiger partial charge in [-0.2, -0.15) is 0 Å². The molecule has 1 aromatic carbocycles. The number of carbonyl (C=O) groups is 1. The number of fused-ring (bicyclic) bond motifs is 1. The van der Waals surface area contributed by atoms with Crippen LogP contribution in [0, 0.1) is 20.8 Å². The summed E-state index contributed by atoms with van der Waals surface area (Å²) in [6.07, 6.45) is 1.75. The van der Waals surface area contributed by atoms with Crippen LogP contribution in [0.1, 0.15) is 35.2 Å². The zero-order chi connectivity index (χ0) is 18.8. The lowest BCUT2D eigenvalue weighted by molar-refractivity contribution is -0.121. The molecule has 0 spiro atoms. The van der Waals surface area contributed by atoms with Gasteiger partial charge in [-0.25, -0.2) is 0 Å². The van der Waals surface area contributed by atoms with Crippen LogP contribution < -0.4 is 5.32 Å². The fourth-order valence-electron chi connectivity index (χ4n) is 3.94. The second kappa shape index (κ2) is 7.80. The zero-order valence-electron chi connectivity index (χ0n) is 16.8. The SMILES string of the molecule is Cc1cc(CNC(=O)CCN(C)C2CCN(C)C2)c2[nH]c(C)c(C)c2c1. The van der Waals surface area contributed by atoms with Crippen LogP contribution in [0.4, 0.5) is 0 Å². The van der Waals surface area contributed by atoms with Crippen LogP contribution in [0.3, 0.4) is 0 Å². The average molecular weight is 357 g/mol. The van der Waals surface area contributed by atoms with Gasteiger partial charge in [-0.05, 0) is 65.0 Å². The molecule has 1 saturated heterocycles. The van der Waals surface area contributed by atoms with Crippen molar-refractivity contribution in [3.05, 3.63) is 34.5 Å². The maximum absolute atomic E-state index is 12.3. The predicted octanol–water partition coefficient (Wildman–Crippen LogP) is 2.74. The van der Waals surface area contributed by atoms with Gasteiger partial charge in [0.1, 0.15) is 0 Å². The van der Waals surface area contributed by atoms with E-state index in [0.29, 0.717) is 19.0 Å². The second-order valence-corrected chi connectivity index (χ2v) is 7.93. The fourth-order valence-corrected chi connectivity index (χ4v) is 3.94. The molecule has 0 aliphatic carbocycles. The van der Waals surface area contributed by atoms with Crippen molar-refractivity contribution in [3.8, 4) is 0 Å². The number of aromatic nitrogens is 1. The van der Waals surface area contributed by atoms with Gasteiger partial charge in [0.25, 0.3) is 0 Å². The van der Waals surface area contributed by atoms with Crippen molar-refractivity contribution >= 4 is 16.8 Å². The van der Waals surface area contributed by atoms with E-state index >= 15 is 0 Å². The predicted molar refractivity (Wildman–Crippen MR) is 108 cm³/mol. The number of nitrogens with zero attached hydrogens (tertiary/aromatic N) is 2. The number of carbonyl (C=O) groups excluding carboxylic acids is 1. The number of likely N-dealkylation sites (N-methyl/N-ethyl adjacent to an activating group) is 2. The van der Waals surface area contributed by atoms with Gasteiger partial charge in [0.15, 0.2) is 0 Å². The maximum atomic E-state index is 12.3. The molecule has 1 fully saturated rings. The van der Waals surface area contributed by atoms with E-state index in [2.05, 4.69) is 67.1 Å². The Labute approximate surface area is 156 Å². The van der Waals surface area contributed by atoms with E-state index in [1.54, 1.807) is 0 Å². The summed E-state index contributed by atoms with van der Waals surface area (Å²) in [7, 11) is 4.29. The van der Waals surface area contributed by atoms with Crippen LogP contribution in [-0.4, -0.2) is 60.5 Å². The number of H-pyrrole nitrogens is 1. The Balaban J connectivity index is 1.56. The van der Waals surface area contributed by atoms with Gasteiger partial charge in [-0.3, -0.25) is 4.79 Å². The number of benzene rings is 1. The van der Waals surface area contributed by atoms with Gasteiger partial charge in [0, 0.05) is 43.2 Å². The molecule has 2 N–H and O–H groups in total. The molecule has 2 aromatic rings. The van der Waals surface area contributed by atoms with E-state index in [9.17, 15) is 4.79 Å². The second-order valence-electron chi connectivity index (χ2n) is 7.93. The summed E-state index contributed by atoms with van der Waals surface area (Å²) in [5.74, 6) is 0.123. The minimum absolute atomic E-state index is 0.123. The van der Waals surface area contributed by atoms with Gasteiger partial charge in [0.2, 0.25) is 5.91 Å². The molecule has 5 nitrogen and oxygen atoms in total. The number of aryl methyl sites for hydroxylation is 3. The van der Waals surface area contributed by atoms with E-state index < -0.39 is 0 Å². The summed E-state index contributed by atoms with van der Waals surface area (Å²) in [6.45, 7) is 10.0. The molecule has 142 valence electrons. The molecule has 3 rings (SSSR count). The van der Waals surface area contributed by atoms with Crippen molar-refractivity contribution in [1.82, 2.24) is 20.1 Å². The Kier molecular flexibility index (Phi) is 5.68. The van der Waals surface area contributed by atoms with Crippen molar-refractivity contribution in [2.75, 3.05) is 33.7 Å². The van der Waals surface area contributed by atoms with Gasteiger partial charge >= 0.3 is 0 Å². The number of amides is 1. The molecule has 1 amide bonds. The third kappa shape index (κ3) is 4.10. The van der Waals surface area contributed by atoms with Crippen LogP contribution in [-0.2, 0) is 11.3 Å². The Morgan fingerprint density at radius 3 is 2.81 bits per heavy atom. The molecular weight excluding hydrogens is 324 g/mol. The van der Waals surface area contributed by atoms with Gasteiger partial charge in [0.05, 0.1) is 5.52 Å². The van der Waals surface area contributed by atoms with Gasteiger partial charge < -0.3 is 20.1 Å². The van der Waals surface area contributed by atoms with Crippen LogP contribution in [0.25, 0.3) is 10.9 Å². The molecule has 1 atom stereocenters.